The third kappa shape index (κ3) is 4.91. The smallest absolute Gasteiger partial charge is 0.0720 e. The standard InChI is InChI=1S/C32H15Cl8/c33-16-11-24(37)30(25(38)12-16)32(31-26(39)13-17(34)14-27(31)40)29-22(35)9-15(10-23(29)36)28-20-7-3-1-5-18(20)19-6-2-4-8-21(19)28/h1-14,28H. The Morgan fingerprint density at radius 1 is 0.425 bits per heavy atom. The SMILES string of the molecule is Clc1cc(Cl)c([C](c2c(Cl)cc(Cl)cc2Cl)c2c(Cl)cc(C3c4ccccc4-c4ccccc43)cc2Cl)c(Cl)c1. The van der Waals surface area contributed by atoms with Crippen molar-refractivity contribution in [3.63, 3.8) is 0 Å². The molecule has 0 fully saturated rings. The van der Waals surface area contributed by atoms with Crippen LogP contribution in [0.3, 0.4) is 0 Å². The second-order valence-electron chi connectivity index (χ2n) is 9.33. The van der Waals surface area contributed by atoms with Crippen LogP contribution in [0.1, 0.15) is 39.3 Å². The van der Waals surface area contributed by atoms with Gasteiger partial charge in [-0.05, 0) is 64.2 Å². The lowest BCUT2D eigenvalue weighted by molar-refractivity contribution is 1.01. The molecule has 6 rings (SSSR count). The highest BCUT2D eigenvalue weighted by atomic mass is 35.5. The highest BCUT2D eigenvalue weighted by Gasteiger charge is 2.34. The van der Waals surface area contributed by atoms with E-state index in [1.165, 1.54) is 22.3 Å². The first-order chi connectivity index (χ1) is 19.2. The van der Waals surface area contributed by atoms with Crippen molar-refractivity contribution in [3.8, 4) is 11.1 Å². The summed E-state index contributed by atoms with van der Waals surface area (Å²) in [4.78, 5) is 0. The van der Waals surface area contributed by atoms with Crippen LogP contribution in [0.15, 0.2) is 84.9 Å². The van der Waals surface area contributed by atoms with Crippen molar-refractivity contribution in [2.45, 2.75) is 5.92 Å². The summed E-state index contributed by atoms with van der Waals surface area (Å²) in [5.41, 5.74) is 7.03. The van der Waals surface area contributed by atoms with Crippen molar-refractivity contribution >= 4 is 92.8 Å². The van der Waals surface area contributed by atoms with Gasteiger partial charge in [0.05, 0.1) is 5.92 Å². The van der Waals surface area contributed by atoms with Crippen LogP contribution < -0.4 is 0 Å². The molecule has 1 radical (unpaired) electrons. The molecule has 0 N–H and O–H groups in total. The van der Waals surface area contributed by atoms with E-state index in [4.69, 9.17) is 92.8 Å². The molecule has 1 aliphatic carbocycles. The van der Waals surface area contributed by atoms with Gasteiger partial charge in [-0.1, -0.05) is 141 Å². The molecule has 40 heavy (non-hydrogen) atoms. The predicted molar refractivity (Wildman–Crippen MR) is 173 cm³/mol. The predicted octanol–water partition coefficient (Wildman–Crippen LogP) is 13.1. The molecule has 0 nitrogen and oxygen atoms in total. The number of hydrogen-bond acceptors (Lipinski definition) is 0. The zero-order chi connectivity index (χ0) is 28.3. The molecule has 1 aliphatic rings. The molecule has 0 saturated heterocycles. The van der Waals surface area contributed by atoms with Crippen molar-refractivity contribution in [1.82, 2.24) is 0 Å². The van der Waals surface area contributed by atoms with E-state index >= 15 is 0 Å². The van der Waals surface area contributed by atoms with Gasteiger partial charge in [-0.15, -0.1) is 0 Å². The van der Waals surface area contributed by atoms with Crippen LogP contribution in [0.4, 0.5) is 0 Å². The van der Waals surface area contributed by atoms with E-state index in [2.05, 4.69) is 24.3 Å². The van der Waals surface area contributed by atoms with Gasteiger partial charge in [0.2, 0.25) is 0 Å². The quantitative estimate of drug-likeness (QED) is 0.162. The second kappa shape index (κ2) is 11.3. The lowest BCUT2D eigenvalue weighted by Crippen LogP contribution is -2.11. The van der Waals surface area contributed by atoms with Crippen molar-refractivity contribution in [1.29, 1.82) is 0 Å². The molecule has 199 valence electrons. The summed E-state index contributed by atoms with van der Waals surface area (Å²) >= 11 is 53.6. The van der Waals surface area contributed by atoms with Crippen LogP contribution in [-0.2, 0) is 0 Å². The topological polar surface area (TPSA) is 0 Å². The van der Waals surface area contributed by atoms with Gasteiger partial charge in [0.15, 0.2) is 0 Å². The van der Waals surface area contributed by atoms with E-state index in [1.807, 2.05) is 36.4 Å². The maximum Gasteiger partial charge on any atom is 0.0720 e. The zero-order valence-corrected chi connectivity index (χ0v) is 26.2. The molecule has 0 atom stereocenters. The fourth-order valence-electron chi connectivity index (χ4n) is 5.45. The van der Waals surface area contributed by atoms with Gasteiger partial charge in [-0.2, -0.15) is 0 Å². The average Bonchev–Trinajstić information content (AvgIpc) is 3.21. The molecule has 5 aromatic carbocycles. The third-order valence-corrected chi connectivity index (χ3v) is 9.22. The Labute approximate surface area is 272 Å². The van der Waals surface area contributed by atoms with Gasteiger partial charge in [0, 0.05) is 62.8 Å². The van der Waals surface area contributed by atoms with Crippen LogP contribution in [0.5, 0.6) is 0 Å². The molecule has 5 aromatic rings. The third-order valence-electron chi connectivity index (χ3n) is 7.00. The van der Waals surface area contributed by atoms with Crippen molar-refractivity contribution < 1.29 is 0 Å². The Morgan fingerprint density at radius 3 is 1.12 bits per heavy atom. The maximum atomic E-state index is 7.10. The molecule has 0 heterocycles. The largest absolute Gasteiger partial charge is 0.0842 e. The summed E-state index contributed by atoms with van der Waals surface area (Å²) in [7, 11) is 0. The highest BCUT2D eigenvalue weighted by molar-refractivity contribution is 6.43. The van der Waals surface area contributed by atoms with Gasteiger partial charge >= 0.3 is 0 Å². The molecule has 0 bridgehead atoms. The van der Waals surface area contributed by atoms with Crippen LogP contribution >= 0.6 is 92.8 Å². The Balaban J connectivity index is 1.60. The van der Waals surface area contributed by atoms with Gasteiger partial charge in [0.1, 0.15) is 0 Å². The van der Waals surface area contributed by atoms with Crippen LogP contribution in [0, 0.1) is 5.92 Å². The Morgan fingerprint density at radius 2 is 0.750 bits per heavy atom. The molecule has 0 spiro atoms. The minimum absolute atomic E-state index is 0.0506. The lowest BCUT2D eigenvalue weighted by atomic mass is 9.82. The fourth-order valence-corrected chi connectivity index (χ4v) is 8.15. The van der Waals surface area contributed by atoms with E-state index in [0.29, 0.717) is 42.7 Å². The van der Waals surface area contributed by atoms with E-state index in [-0.39, 0.29) is 26.0 Å². The van der Waals surface area contributed by atoms with Crippen molar-refractivity contribution in [3.05, 3.63) is 164 Å². The van der Waals surface area contributed by atoms with Crippen LogP contribution in [-0.4, -0.2) is 0 Å². The summed E-state index contributed by atoms with van der Waals surface area (Å²) in [6.45, 7) is 0. The lowest BCUT2D eigenvalue weighted by Gasteiger charge is -2.26. The molecule has 0 amide bonds. The molecular weight excluding hydrogens is 668 g/mol. The van der Waals surface area contributed by atoms with Crippen LogP contribution in [0.2, 0.25) is 40.2 Å². The highest BCUT2D eigenvalue weighted by Crippen LogP contribution is 2.52. The van der Waals surface area contributed by atoms with Crippen molar-refractivity contribution in [2.75, 3.05) is 0 Å². The van der Waals surface area contributed by atoms with Crippen LogP contribution in [0.25, 0.3) is 11.1 Å². The first kappa shape index (κ1) is 28.5. The Bertz CT molecular complexity index is 1640. The van der Waals surface area contributed by atoms with E-state index < -0.39 is 0 Å². The number of hydrogen-bond donors (Lipinski definition) is 0. The number of rotatable bonds is 4. The summed E-state index contributed by atoms with van der Waals surface area (Å²) in [6, 6.07) is 26.9. The Hall–Kier alpha value is -1.58. The minimum Gasteiger partial charge on any atom is -0.0842 e. The second-order valence-corrected chi connectivity index (χ2v) is 12.6. The minimum atomic E-state index is -0.0506. The molecule has 0 unspecified atom stereocenters. The first-order valence-corrected chi connectivity index (χ1v) is 15.0. The molecular formula is C32H15Cl8. The number of halogens is 8. The van der Waals surface area contributed by atoms with Gasteiger partial charge in [0.25, 0.3) is 0 Å². The monoisotopic (exact) mass is 679 g/mol. The first-order valence-electron chi connectivity index (χ1n) is 12.0. The van der Waals surface area contributed by atoms with E-state index in [9.17, 15) is 0 Å². The normalized spacial score (nSPS) is 12.6. The van der Waals surface area contributed by atoms with Gasteiger partial charge in [-0.25, -0.2) is 0 Å². The molecule has 0 saturated carbocycles. The number of benzene rings is 5. The number of fused-ring (bicyclic) bond motifs is 3. The van der Waals surface area contributed by atoms with E-state index in [0.717, 1.165) is 5.56 Å². The fraction of sp³-hybridized carbons (Fsp3) is 0.0312. The zero-order valence-electron chi connectivity index (χ0n) is 20.2. The van der Waals surface area contributed by atoms with E-state index in [1.54, 1.807) is 24.3 Å². The molecule has 8 heteroatoms. The average molecular weight is 683 g/mol. The Kier molecular flexibility index (Phi) is 8.03. The van der Waals surface area contributed by atoms with Gasteiger partial charge in [-0.3, -0.25) is 0 Å². The van der Waals surface area contributed by atoms with Gasteiger partial charge < -0.3 is 0 Å². The summed E-state index contributed by atoms with van der Waals surface area (Å²) in [5, 5.41) is 2.63. The summed E-state index contributed by atoms with van der Waals surface area (Å²) in [6.07, 6.45) is 0. The molecule has 0 aliphatic heterocycles. The summed E-state index contributed by atoms with van der Waals surface area (Å²) < 4.78 is 0. The maximum absolute atomic E-state index is 7.10. The van der Waals surface area contributed by atoms with Crippen molar-refractivity contribution in [2.24, 2.45) is 0 Å². The summed E-state index contributed by atoms with van der Waals surface area (Å²) in [5.74, 6) is 0.414. The molecule has 0 aromatic heterocycles.